The third-order valence-electron chi connectivity index (χ3n) is 4.94. The molecule has 3 rings (SSSR count). The van der Waals surface area contributed by atoms with Gasteiger partial charge in [-0.3, -0.25) is 4.40 Å². The Kier molecular flexibility index (Phi) is 6.24. The quantitative estimate of drug-likeness (QED) is 0.532. The monoisotopic (exact) mass is 450 g/mol. The number of aromatic nitrogens is 3. The SMILES string of the molecule is COc1cc2ncc(-c3cc(F)nc(N[C@H](C)CCO)c3)n2cc1S(=O)(=O)C(C)(C)C. The zero-order valence-corrected chi connectivity index (χ0v) is 19.0. The lowest BCUT2D eigenvalue weighted by Gasteiger charge is -2.21. The smallest absolute Gasteiger partial charge is 0.215 e. The van der Waals surface area contributed by atoms with Crippen molar-refractivity contribution in [3.63, 3.8) is 0 Å². The van der Waals surface area contributed by atoms with Gasteiger partial charge in [-0.25, -0.2) is 18.4 Å². The zero-order chi connectivity index (χ0) is 23.0. The summed E-state index contributed by atoms with van der Waals surface area (Å²) in [6.07, 6.45) is 3.48. The second kappa shape index (κ2) is 8.43. The Labute approximate surface area is 181 Å². The largest absolute Gasteiger partial charge is 0.495 e. The van der Waals surface area contributed by atoms with Crippen molar-refractivity contribution in [3.05, 3.63) is 36.5 Å². The van der Waals surface area contributed by atoms with Crippen LogP contribution in [0.2, 0.25) is 0 Å². The highest BCUT2D eigenvalue weighted by molar-refractivity contribution is 7.92. The number of nitrogens with zero attached hydrogens (tertiary/aromatic N) is 3. The highest BCUT2D eigenvalue weighted by atomic mass is 32.2. The van der Waals surface area contributed by atoms with Gasteiger partial charge in [0, 0.05) is 36.5 Å². The molecule has 2 N–H and O–H groups in total. The summed E-state index contributed by atoms with van der Waals surface area (Å²) in [5, 5.41) is 12.1. The van der Waals surface area contributed by atoms with Crippen LogP contribution in [0.1, 0.15) is 34.1 Å². The number of anilines is 1. The van der Waals surface area contributed by atoms with E-state index in [-0.39, 0.29) is 23.3 Å². The summed E-state index contributed by atoms with van der Waals surface area (Å²) in [5.74, 6) is -0.190. The van der Waals surface area contributed by atoms with E-state index in [1.54, 1.807) is 37.3 Å². The van der Waals surface area contributed by atoms with Crippen LogP contribution in [0.25, 0.3) is 16.9 Å². The topological polar surface area (TPSA) is 106 Å². The molecular weight excluding hydrogens is 423 g/mol. The standard InChI is InChI=1S/C21H27FN4O4S/c1-13(6-7-27)24-19-9-14(8-18(22)25-19)15-11-23-20-10-16(30-5)17(12-26(15)20)31(28,29)21(2,3)4/h8-13,27H,6-7H2,1-5H3,(H,24,25)/t13-/m1/s1. The maximum atomic E-state index is 14.3. The molecular formula is C21H27FN4O4S. The Morgan fingerprint density at radius 2 is 2.00 bits per heavy atom. The van der Waals surface area contributed by atoms with Crippen LogP contribution in [-0.2, 0) is 9.84 Å². The number of methoxy groups -OCH3 is 1. The Bertz CT molecular complexity index is 1200. The zero-order valence-electron chi connectivity index (χ0n) is 18.2. The molecule has 0 radical (unpaired) electrons. The van der Waals surface area contributed by atoms with Gasteiger partial charge in [0.05, 0.1) is 23.7 Å². The first-order valence-corrected chi connectivity index (χ1v) is 11.3. The van der Waals surface area contributed by atoms with Gasteiger partial charge < -0.3 is 15.2 Å². The van der Waals surface area contributed by atoms with Crippen LogP contribution < -0.4 is 10.1 Å². The summed E-state index contributed by atoms with van der Waals surface area (Å²) in [6.45, 7) is 6.70. The molecule has 0 unspecified atom stereocenters. The minimum atomic E-state index is -3.72. The van der Waals surface area contributed by atoms with Crippen molar-refractivity contribution in [3.8, 4) is 17.0 Å². The number of rotatable bonds is 7. The fourth-order valence-electron chi connectivity index (χ4n) is 3.13. The Balaban J connectivity index is 2.17. The van der Waals surface area contributed by atoms with Crippen LogP contribution in [-0.4, -0.2) is 52.4 Å². The molecule has 3 aromatic rings. The summed E-state index contributed by atoms with van der Waals surface area (Å²) in [6, 6.07) is 4.35. The van der Waals surface area contributed by atoms with Crippen molar-refractivity contribution in [2.75, 3.05) is 19.0 Å². The first kappa shape index (κ1) is 23.0. The number of pyridine rings is 2. The summed E-state index contributed by atoms with van der Waals surface area (Å²) in [4.78, 5) is 8.21. The number of nitrogens with one attached hydrogen (secondary N) is 1. The molecule has 168 valence electrons. The number of sulfone groups is 1. The van der Waals surface area contributed by atoms with E-state index in [0.717, 1.165) is 0 Å². The van der Waals surface area contributed by atoms with Gasteiger partial charge in [0.2, 0.25) is 5.95 Å². The molecule has 10 heteroatoms. The van der Waals surface area contributed by atoms with Crippen LogP contribution >= 0.6 is 0 Å². The predicted octanol–water partition coefficient (Wildman–Crippen LogP) is 3.30. The summed E-state index contributed by atoms with van der Waals surface area (Å²) < 4.78 is 46.4. The predicted molar refractivity (Wildman–Crippen MR) is 117 cm³/mol. The number of ether oxygens (including phenoxy) is 1. The molecule has 0 aliphatic rings. The number of hydrogen-bond donors (Lipinski definition) is 2. The summed E-state index contributed by atoms with van der Waals surface area (Å²) in [7, 11) is -2.32. The Morgan fingerprint density at radius 1 is 1.29 bits per heavy atom. The minimum Gasteiger partial charge on any atom is -0.495 e. The second-order valence-electron chi connectivity index (χ2n) is 8.31. The lowest BCUT2D eigenvalue weighted by molar-refractivity contribution is 0.282. The highest BCUT2D eigenvalue weighted by Gasteiger charge is 2.34. The number of aliphatic hydroxyl groups excluding tert-OH is 1. The van der Waals surface area contributed by atoms with E-state index in [4.69, 9.17) is 9.84 Å². The molecule has 0 aromatic carbocycles. The number of aliphatic hydroxyl groups is 1. The van der Waals surface area contributed by atoms with Gasteiger partial charge >= 0.3 is 0 Å². The summed E-state index contributed by atoms with van der Waals surface area (Å²) in [5.41, 5.74) is 1.44. The molecule has 8 nitrogen and oxygen atoms in total. The van der Waals surface area contributed by atoms with Gasteiger partial charge in [-0.15, -0.1) is 0 Å². The maximum Gasteiger partial charge on any atom is 0.215 e. The van der Waals surface area contributed by atoms with Crippen molar-refractivity contribution in [2.45, 2.75) is 49.8 Å². The van der Waals surface area contributed by atoms with E-state index in [0.29, 0.717) is 29.1 Å². The molecule has 0 aliphatic heterocycles. The molecule has 0 fully saturated rings. The molecule has 31 heavy (non-hydrogen) atoms. The lowest BCUT2D eigenvalue weighted by atomic mass is 10.2. The minimum absolute atomic E-state index is 0.00351. The fourth-order valence-corrected chi connectivity index (χ4v) is 4.44. The van der Waals surface area contributed by atoms with Crippen molar-refractivity contribution < 1.29 is 22.7 Å². The van der Waals surface area contributed by atoms with Gasteiger partial charge in [-0.05, 0) is 40.2 Å². The van der Waals surface area contributed by atoms with Gasteiger partial charge in [0.25, 0.3) is 0 Å². The van der Waals surface area contributed by atoms with E-state index >= 15 is 0 Å². The number of hydrogen-bond acceptors (Lipinski definition) is 7. The molecule has 0 saturated heterocycles. The van der Waals surface area contributed by atoms with Gasteiger partial charge in [0.1, 0.15) is 22.1 Å². The highest BCUT2D eigenvalue weighted by Crippen LogP contribution is 2.34. The van der Waals surface area contributed by atoms with E-state index in [9.17, 15) is 12.8 Å². The normalized spacial score (nSPS) is 13.4. The average Bonchev–Trinajstić information content (AvgIpc) is 3.08. The van der Waals surface area contributed by atoms with Gasteiger partial charge in [-0.1, -0.05) is 0 Å². The van der Waals surface area contributed by atoms with Gasteiger partial charge in [0.15, 0.2) is 9.84 Å². The lowest BCUT2D eigenvalue weighted by Crippen LogP contribution is -2.28. The van der Waals surface area contributed by atoms with Gasteiger partial charge in [-0.2, -0.15) is 4.39 Å². The Morgan fingerprint density at radius 3 is 2.61 bits per heavy atom. The fraction of sp³-hybridized carbons (Fsp3) is 0.429. The van der Waals surface area contributed by atoms with Crippen LogP contribution in [0.15, 0.2) is 35.5 Å². The van der Waals surface area contributed by atoms with Crippen molar-refractivity contribution in [1.29, 1.82) is 0 Å². The van der Waals surface area contributed by atoms with Crippen LogP contribution in [0, 0.1) is 5.95 Å². The molecule has 3 heterocycles. The third-order valence-corrected chi connectivity index (χ3v) is 7.43. The first-order chi connectivity index (χ1) is 14.5. The Hall–Kier alpha value is -2.72. The molecule has 0 amide bonds. The van der Waals surface area contributed by atoms with E-state index < -0.39 is 20.5 Å². The average molecular weight is 451 g/mol. The van der Waals surface area contributed by atoms with Crippen molar-refractivity contribution >= 4 is 21.3 Å². The maximum absolute atomic E-state index is 14.3. The van der Waals surface area contributed by atoms with Crippen LogP contribution in [0.5, 0.6) is 5.75 Å². The van der Waals surface area contributed by atoms with Crippen LogP contribution in [0.3, 0.4) is 0 Å². The second-order valence-corrected chi connectivity index (χ2v) is 11.0. The van der Waals surface area contributed by atoms with E-state index in [1.807, 2.05) is 6.92 Å². The van der Waals surface area contributed by atoms with Crippen molar-refractivity contribution in [2.24, 2.45) is 0 Å². The molecule has 1 atom stereocenters. The molecule has 0 aliphatic carbocycles. The first-order valence-electron chi connectivity index (χ1n) is 9.83. The van der Waals surface area contributed by atoms with Crippen LogP contribution in [0.4, 0.5) is 10.2 Å². The van der Waals surface area contributed by atoms with E-state index in [1.165, 1.54) is 25.6 Å². The molecule has 0 bridgehead atoms. The number of fused-ring (bicyclic) bond motifs is 1. The van der Waals surface area contributed by atoms with Crippen molar-refractivity contribution in [1.82, 2.24) is 14.4 Å². The van der Waals surface area contributed by atoms with E-state index in [2.05, 4.69) is 15.3 Å². The molecule has 0 spiro atoms. The summed E-state index contributed by atoms with van der Waals surface area (Å²) >= 11 is 0. The molecule has 0 saturated carbocycles. The molecule has 3 aromatic heterocycles. The number of halogens is 1. The third kappa shape index (κ3) is 4.49. The number of imidazole rings is 1.